The van der Waals surface area contributed by atoms with Crippen LogP contribution >= 0.6 is 0 Å². The van der Waals surface area contributed by atoms with Gasteiger partial charge in [-0.25, -0.2) is 0 Å². The molecule has 0 spiro atoms. The molecule has 0 saturated heterocycles. The van der Waals surface area contributed by atoms with Crippen LogP contribution in [0.25, 0.3) is 0 Å². The molecule has 0 amide bonds. The molecule has 0 fully saturated rings. The van der Waals surface area contributed by atoms with Crippen molar-refractivity contribution in [3.8, 4) is 0 Å². The maximum atomic E-state index is 12.0. The highest BCUT2D eigenvalue weighted by Gasteiger charge is 2.29. The number of Topliss-reactive ketones (excluding diaryl/α,β-unsaturated/α-hetero) is 1. The van der Waals surface area contributed by atoms with Gasteiger partial charge in [-0.3, -0.25) is 4.79 Å². The van der Waals surface area contributed by atoms with Crippen LogP contribution in [0.1, 0.15) is 19.3 Å². The summed E-state index contributed by atoms with van der Waals surface area (Å²) in [7, 11) is 0. The van der Waals surface area contributed by atoms with Gasteiger partial charge in [0.15, 0.2) is 0 Å². The van der Waals surface area contributed by atoms with Gasteiger partial charge in [-0.1, -0.05) is 6.42 Å². The fraction of sp³-hybridized carbons (Fsp3) is 0.500. The lowest BCUT2D eigenvalue weighted by molar-refractivity contribution is -0.118. The van der Waals surface area contributed by atoms with Crippen molar-refractivity contribution in [2.75, 3.05) is 0 Å². The molecule has 1 nitrogen and oxygen atoms in total. The van der Waals surface area contributed by atoms with Gasteiger partial charge < -0.3 is 12.9 Å². The molecule has 1 aliphatic carbocycles. The second kappa shape index (κ2) is 2.72. The molecule has 0 aromatic carbocycles. The quantitative estimate of drug-likeness (QED) is 0.540. The zero-order chi connectivity index (χ0) is 8.48. The Bertz CT molecular complexity index is 206. The van der Waals surface area contributed by atoms with Gasteiger partial charge in [0.05, 0.1) is 0 Å². The molecule has 0 aliphatic heterocycles. The Hall–Kier alpha value is -0.735. The normalized spacial score (nSPS) is 19.9. The average Bonchev–Trinajstić information content (AvgIpc) is 1.86. The Morgan fingerprint density at radius 3 is 2.27 bits per heavy atom. The van der Waals surface area contributed by atoms with Crippen LogP contribution in [0.2, 0.25) is 0 Å². The first-order chi connectivity index (χ1) is 5.00. The molecule has 11 heavy (non-hydrogen) atoms. The third-order valence-corrected chi connectivity index (χ3v) is 1.70. The molecular formula is C6H7BF3O-. The van der Waals surface area contributed by atoms with Crippen molar-refractivity contribution in [2.24, 2.45) is 0 Å². The van der Waals surface area contributed by atoms with Crippen LogP contribution in [0.3, 0.4) is 0 Å². The number of hydrogen-bond acceptors (Lipinski definition) is 1. The SMILES string of the molecule is O=C1CC=C([B-](F)(F)F)CC1. The van der Waals surface area contributed by atoms with Gasteiger partial charge >= 0.3 is 6.98 Å². The van der Waals surface area contributed by atoms with Crippen LogP contribution < -0.4 is 0 Å². The first-order valence-corrected chi connectivity index (χ1v) is 3.41. The second-order valence-corrected chi connectivity index (χ2v) is 2.60. The van der Waals surface area contributed by atoms with Crippen LogP contribution in [0.5, 0.6) is 0 Å². The van der Waals surface area contributed by atoms with Crippen molar-refractivity contribution in [2.45, 2.75) is 19.3 Å². The van der Waals surface area contributed by atoms with Crippen molar-refractivity contribution in [3.05, 3.63) is 11.5 Å². The largest absolute Gasteiger partial charge is 0.505 e. The summed E-state index contributed by atoms with van der Waals surface area (Å²) in [5.74, 6) is -0.103. The number of allylic oxidation sites excluding steroid dienone is 2. The molecular weight excluding hydrogens is 156 g/mol. The van der Waals surface area contributed by atoms with E-state index in [4.69, 9.17) is 0 Å². The summed E-state index contributed by atoms with van der Waals surface area (Å²) in [6.07, 6.45) is 0.887. The molecule has 0 aromatic rings. The standard InChI is InChI=1S/C6H7BF3O/c8-7(9,10)5-1-3-6(11)4-2-5/h1H,2-4H2/q-1. The Balaban J connectivity index is 2.69. The van der Waals surface area contributed by atoms with Crippen LogP contribution in [-0.2, 0) is 4.79 Å². The molecule has 0 bridgehead atoms. The molecule has 0 heterocycles. The predicted octanol–water partition coefficient (Wildman–Crippen LogP) is 2.05. The predicted molar refractivity (Wildman–Crippen MR) is 36.0 cm³/mol. The summed E-state index contributed by atoms with van der Waals surface area (Å²) in [6, 6.07) is 0. The number of carbonyl (C=O) groups excluding carboxylic acids is 1. The van der Waals surface area contributed by atoms with E-state index in [1.165, 1.54) is 0 Å². The van der Waals surface area contributed by atoms with Crippen LogP contribution in [0.15, 0.2) is 11.5 Å². The fourth-order valence-electron chi connectivity index (χ4n) is 1.03. The van der Waals surface area contributed by atoms with Crippen molar-refractivity contribution in [3.63, 3.8) is 0 Å². The maximum absolute atomic E-state index is 12.0. The van der Waals surface area contributed by atoms with Crippen LogP contribution in [0.4, 0.5) is 12.9 Å². The highest BCUT2D eigenvalue weighted by Crippen LogP contribution is 2.27. The van der Waals surface area contributed by atoms with E-state index in [1.807, 2.05) is 0 Å². The molecule has 0 unspecified atom stereocenters. The summed E-state index contributed by atoms with van der Waals surface area (Å²) < 4.78 is 35.9. The minimum atomic E-state index is -4.84. The lowest BCUT2D eigenvalue weighted by atomic mass is 9.73. The Morgan fingerprint density at radius 1 is 1.27 bits per heavy atom. The molecule has 62 valence electrons. The summed E-state index contributed by atoms with van der Waals surface area (Å²) in [4.78, 5) is 10.5. The van der Waals surface area contributed by atoms with E-state index in [1.54, 1.807) is 0 Å². The number of rotatable bonds is 1. The lowest BCUT2D eigenvalue weighted by Gasteiger charge is -2.21. The summed E-state index contributed by atoms with van der Waals surface area (Å²) in [5.41, 5.74) is -0.496. The van der Waals surface area contributed by atoms with Gasteiger partial charge in [0.2, 0.25) is 0 Å². The van der Waals surface area contributed by atoms with Gasteiger partial charge in [0.1, 0.15) is 5.78 Å². The second-order valence-electron chi connectivity index (χ2n) is 2.60. The Morgan fingerprint density at radius 2 is 1.91 bits per heavy atom. The number of ketones is 1. The molecule has 5 heteroatoms. The van der Waals surface area contributed by atoms with Crippen molar-refractivity contribution < 1.29 is 17.7 Å². The Labute approximate surface area is 62.3 Å². The van der Waals surface area contributed by atoms with Crippen molar-refractivity contribution in [1.82, 2.24) is 0 Å². The van der Waals surface area contributed by atoms with Gasteiger partial charge in [0.25, 0.3) is 0 Å². The summed E-state index contributed by atoms with van der Waals surface area (Å²) in [6.45, 7) is -4.84. The molecule has 1 aliphatic rings. The zero-order valence-corrected chi connectivity index (χ0v) is 5.82. The molecule has 1 rings (SSSR count). The third-order valence-electron chi connectivity index (χ3n) is 1.70. The van der Waals surface area contributed by atoms with E-state index < -0.39 is 12.4 Å². The first kappa shape index (κ1) is 8.36. The minimum absolute atomic E-state index is 0.0450. The van der Waals surface area contributed by atoms with E-state index in [2.05, 4.69) is 0 Å². The number of hydrogen-bond donors (Lipinski definition) is 0. The van der Waals surface area contributed by atoms with Gasteiger partial charge in [0, 0.05) is 12.8 Å². The third kappa shape index (κ3) is 2.10. The van der Waals surface area contributed by atoms with Crippen molar-refractivity contribution in [1.29, 1.82) is 0 Å². The zero-order valence-electron chi connectivity index (χ0n) is 5.82. The van der Waals surface area contributed by atoms with Gasteiger partial charge in [-0.2, -0.15) is 0 Å². The molecule has 0 saturated carbocycles. The van der Waals surface area contributed by atoms with E-state index >= 15 is 0 Å². The first-order valence-electron chi connectivity index (χ1n) is 3.41. The average molecular weight is 163 g/mol. The summed E-state index contributed by atoms with van der Waals surface area (Å²) in [5, 5.41) is 0. The smallest absolute Gasteiger partial charge is 0.445 e. The number of carbonyl (C=O) groups is 1. The minimum Gasteiger partial charge on any atom is -0.445 e. The topological polar surface area (TPSA) is 17.1 Å². The van der Waals surface area contributed by atoms with Gasteiger partial charge in [-0.05, 0) is 0 Å². The van der Waals surface area contributed by atoms with Gasteiger partial charge in [-0.15, -0.1) is 11.5 Å². The Kier molecular flexibility index (Phi) is 2.06. The van der Waals surface area contributed by atoms with Crippen LogP contribution in [-0.4, -0.2) is 12.8 Å². The maximum Gasteiger partial charge on any atom is 0.505 e. The lowest BCUT2D eigenvalue weighted by Crippen LogP contribution is -2.22. The number of halogens is 3. The highest BCUT2D eigenvalue weighted by atomic mass is 19.4. The van der Waals surface area contributed by atoms with E-state index in [9.17, 15) is 17.7 Å². The molecule has 0 radical (unpaired) electrons. The highest BCUT2D eigenvalue weighted by molar-refractivity contribution is 6.66. The van der Waals surface area contributed by atoms with Crippen LogP contribution in [0, 0.1) is 0 Å². The van der Waals surface area contributed by atoms with E-state index in [0.29, 0.717) is 0 Å². The molecule has 0 atom stereocenters. The monoisotopic (exact) mass is 163 g/mol. The van der Waals surface area contributed by atoms with E-state index in [-0.39, 0.29) is 25.0 Å². The molecule has 0 N–H and O–H groups in total. The van der Waals surface area contributed by atoms with Crippen molar-refractivity contribution >= 4 is 12.8 Å². The van der Waals surface area contributed by atoms with E-state index in [0.717, 1.165) is 6.08 Å². The fourth-order valence-corrected chi connectivity index (χ4v) is 1.03. The summed E-state index contributed by atoms with van der Waals surface area (Å²) >= 11 is 0. The molecule has 0 aromatic heterocycles.